The van der Waals surface area contributed by atoms with Gasteiger partial charge in [0.2, 0.25) is 5.91 Å². The van der Waals surface area contributed by atoms with Gasteiger partial charge in [0.1, 0.15) is 29.4 Å². The van der Waals surface area contributed by atoms with Crippen molar-refractivity contribution in [3.63, 3.8) is 0 Å². The number of fused-ring (bicyclic) bond motifs is 1. The van der Waals surface area contributed by atoms with Crippen LogP contribution in [0.5, 0.6) is 11.5 Å². The molecule has 28 heavy (non-hydrogen) atoms. The van der Waals surface area contributed by atoms with E-state index in [2.05, 4.69) is 15.4 Å². The van der Waals surface area contributed by atoms with E-state index in [1.54, 1.807) is 24.1 Å². The van der Waals surface area contributed by atoms with Gasteiger partial charge in [0.05, 0.1) is 0 Å². The van der Waals surface area contributed by atoms with E-state index in [4.69, 9.17) is 4.74 Å². The molecule has 8 heteroatoms. The molecule has 2 amide bonds. The van der Waals surface area contributed by atoms with E-state index < -0.39 is 11.9 Å². The number of hydrazone groups is 1. The summed E-state index contributed by atoms with van der Waals surface area (Å²) in [6.45, 7) is 0.604. The number of nitrogens with zero attached hydrogens (tertiary/aromatic N) is 4. The van der Waals surface area contributed by atoms with Crippen molar-refractivity contribution in [3.05, 3.63) is 54.4 Å². The van der Waals surface area contributed by atoms with Gasteiger partial charge in [-0.3, -0.25) is 19.6 Å². The Hall–Kier alpha value is -3.42. The second-order valence-corrected chi connectivity index (χ2v) is 6.73. The van der Waals surface area contributed by atoms with Crippen LogP contribution in [-0.2, 0) is 4.79 Å². The van der Waals surface area contributed by atoms with Crippen molar-refractivity contribution in [2.45, 2.75) is 25.0 Å². The Kier molecular flexibility index (Phi) is 4.92. The summed E-state index contributed by atoms with van der Waals surface area (Å²) in [5.41, 5.74) is 0.201. The zero-order chi connectivity index (χ0) is 19.5. The largest absolute Gasteiger partial charge is 0.457 e. The number of likely N-dealkylation sites (N-methyl/N-ethyl adjacent to an activating group) is 1. The minimum absolute atomic E-state index is 0.0740. The van der Waals surface area contributed by atoms with Crippen LogP contribution in [0.4, 0.5) is 0 Å². The standard InChI is InChI=1S/C20H21N5O3/c1-24-18-8-11-22-25(18)12-9-16(20(24)27)23-19(26)17-13-15(7-10-21-17)28-14-5-3-2-4-6-14/h2-7,10-11,13,16,18H,8-9,12H2,1H3,(H,23,26)/t16-,18?/m0/s1. The molecule has 1 saturated heterocycles. The first-order valence-electron chi connectivity index (χ1n) is 9.17. The van der Waals surface area contributed by atoms with Crippen LogP contribution in [0.15, 0.2) is 53.8 Å². The van der Waals surface area contributed by atoms with Gasteiger partial charge in [-0.15, -0.1) is 0 Å². The SMILES string of the molecule is CN1C(=O)[C@@H](NC(=O)c2cc(Oc3ccccc3)ccn2)CCN2N=CCC21. The zero-order valence-electron chi connectivity index (χ0n) is 15.5. The van der Waals surface area contributed by atoms with Crippen molar-refractivity contribution in [1.82, 2.24) is 20.2 Å². The number of rotatable bonds is 4. The number of benzene rings is 1. The van der Waals surface area contributed by atoms with E-state index in [0.717, 1.165) is 0 Å². The maximum atomic E-state index is 12.7. The lowest BCUT2D eigenvalue weighted by atomic mass is 10.1. The number of ether oxygens (including phenoxy) is 1. The van der Waals surface area contributed by atoms with Crippen LogP contribution in [0.3, 0.4) is 0 Å². The van der Waals surface area contributed by atoms with E-state index in [0.29, 0.717) is 30.9 Å². The van der Waals surface area contributed by atoms with E-state index in [1.807, 2.05) is 41.6 Å². The fourth-order valence-electron chi connectivity index (χ4n) is 3.38. The number of nitrogens with one attached hydrogen (secondary N) is 1. The summed E-state index contributed by atoms with van der Waals surface area (Å²) in [4.78, 5) is 31.2. The molecule has 2 atom stereocenters. The lowest BCUT2D eigenvalue weighted by Crippen LogP contribution is -2.49. The predicted molar refractivity (Wildman–Crippen MR) is 103 cm³/mol. The Morgan fingerprint density at radius 1 is 1.21 bits per heavy atom. The summed E-state index contributed by atoms with van der Waals surface area (Å²) in [6, 6.07) is 11.9. The second-order valence-electron chi connectivity index (χ2n) is 6.73. The average Bonchev–Trinajstić information content (AvgIpc) is 3.15. The van der Waals surface area contributed by atoms with Gasteiger partial charge in [-0.1, -0.05) is 18.2 Å². The maximum absolute atomic E-state index is 12.7. The van der Waals surface area contributed by atoms with Gasteiger partial charge >= 0.3 is 0 Å². The summed E-state index contributed by atoms with van der Waals surface area (Å²) in [7, 11) is 1.74. The molecule has 1 N–H and O–H groups in total. The van der Waals surface area contributed by atoms with Crippen LogP contribution in [-0.4, -0.2) is 58.7 Å². The van der Waals surface area contributed by atoms with Gasteiger partial charge < -0.3 is 15.0 Å². The lowest BCUT2D eigenvalue weighted by molar-refractivity contribution is -0.135. The van der Waals surface area contributed by atoms with Crippen molar-refractivity contribution in [2.75, 3.05) is 13.6 Å². The Bertz CT molecular complexity index is 902. The van der Waals surface area contributed by atoms with Gasteiger partial charge in [0.25, 0.3) is 5.91 Å². The highest BCUT2D eigenvalue weighted by Crippen LogP contribution is 2.22. The minimum atomic E-state index is -0.612. The van der Waals surface area contributed by atoms with Crippen LogP contribution >= 0.6 is 0 Å². The molecule has 0 radical (unpaired) electrons. The van der Waals surface area contributed by atoms with E-state index >= 15 is 0 Å². The molecule has 0 saturated carbocycles. The van der Waals surface area contributed by atoms with Crippen molar-refractivity contribution in [1.29, 1.82) is 0 Å². The fraction of sp³-hybridized carbons (Fsp3) is 0.300. The number of aromatic nitrogens is 1. The smallest absolute Gasteiger partial charge is 0.270 e. The Balaban J connectivity index is 1.45. The average molecular weight is 379 g/mol. The molecular formula is C20H21N5O3. The van der Waals surface area contributed by atoms with Crippen molar-refractivity contribution < 1.29 is 14.3 Å². The molecule has 1 aromatic carbocycles. The number of amides is 2. The topological polar surface area (TPSA) is 87.1 Å². The molecule has 2 aliphatic heterocycles. The molecule has 4 rings (SSSR count). The summed E-state index contributed by atoms with van der Waals surface area (Å²) in [6.07, 6.45) is 4.44. The summed E-state index contributed by atoms with van der Waals surface area (Å²) >= 11 is 0. The first-order chi connectivity index (χ1) is 13.6. The summed E-state index contributed by atoms with van der Waals surface area (Å²) in [5.74, 6) is 0.645. The van der Waals surface area contributed by atoms with Crippen LogP contribution in [0.25, 0.3) is 0 Å². The second kappa shape index (κ2) is 7.67. The number of carbonyl (C=O) groups is 2. The van der Waals surface area contributed by atoms with Crippen molar-refractivity contribution >= 4 is 18.0 Å². The molecular weight excluding hydrogens is 358 g/mol. The minimum Gasteiger partial charge on any atom is -0.457 e. The molecule has 1 unspecified atom stereocenters. The first-order valence-corrected chi connectivity index (χ1v) is 9.17. The third-order valence-corrected chi connectivity index (χ3v) is 4.88. The van der Waals surface area contributed by atoms with Gasteiger partial charge in [-0.05, 0) is 24.6 Å². The molecule has 0 aliphatic carbocycles. The van der Waals surface area contributed by atoms with Gasteiger partial charge in [-0.2, -0.15) is 5.10 Å². The highest BCUT2D eigenvalue weighted by atomic mass is 16.5. The van der Waals surface area contributed by atoms with E-state index in [-0.39, 0.29) is 17.8 Å². The lowest BCUT2D eigenvalue weighted by Gasteiger charge is -2.29. The number of para-hydroxylation sites is 1. The van der Waals surface area contributed by atoms with Crippen LogP contribution < -0.4 is 10.1 Å². The highest BCUT2D eigenvalue weighted by Gasteiger charge is 2.36. The summed E-state index contributed by atoms with van der Waals surface area (Å²) < 4.78 is 5.75. The fourth-order valence-corrected chi connectivity index (χ4v) is 3.38. The molecule has 144 valence electrons. The molecule has 0 spiro atoms. The highest BCUT2D eigenvalue weighted by molar-refractivity contribution is 5.96. The van der Waals surface area contributed by atoms with E-state index in [1.165, 1.54) is 6.20 Å². The van der Waals surface area contributed by atoms with Gasteiger partial charge in [0.15, 0.2) is 0 Å². The van der Waals surface area contributed by atoms with Crippen LogP contribution in [0.2, 0.25) is 0 Å². The third-order valence-electron chi connectivity index (χ3n) is 4.88. The molecule has 0 bridgehead atoms. The van der Waals surface area contributed by atoms with Crippen molar-refractivity contribution in [3.8, 4) is 11.5 Å². The Morgan fingerprint density at radius 2 is 2.04 bits per heavy atom. The van der Waals surface area contributed by atoms with Gasteiger partial charge in [-0.25, -0.2) is 0 Å². The molecule has 3 heterocycles. The number of carbonyl (C=O) groups excluding carboxylic acids is 2. The van der Waals surface area contributed by atoms with Crippen LogP contribution in [0, 0.1) is 0 Å². The number of hydrogen-bond acceptors (Lipinski definition) is 6. The number of pyridine rings is 1. The van der Waals surface area contributed by atoms with Gasteiger partial charge in [0, 0.05) is 38.5 Å². The predicted octanol–water partition coefficient (Wildman–Crippen LogP) is 1.85. The molecule has 2 aliphatic rings. The molecule has 2 aromatic rings. The third kappa shape index (κ3) is 3.66. The molecule has 1 fully saturated rings. The monoisotopic (exact) mass is 379 g/mol. The normalized spacial score (nSPS) is 21.2. The maximum Gasteiger partial charge on any atom is 0.270 e. The van der Waals surface area contributed by atoms with Crippen LogP contribution in [0.1, 0.15) is 23.3 Å². The Morgan fingerprint density at radius 3 is 2.86 bits per heavy atom. The number of hydrogen-bond donors (Lipinski definition) is 1. The molecule has 8 nitrogen and oxygen atoms in total. The molecule has 1 aromatic heterocycles. The Labute approximate surface area is 162 Å². The first kappa shape index (κ1) is 18.0. The quantitative estimate of drug-likeness (QED) is 0.876. The van der Waals surface area contributed by atoms with E-state index in [9.17, 15) is 9.59 Å². The summed E-state index contributed by atoms with van der Waals surface area (Å²) in [5, 5.41) is 8.99. The van der Waals surface area contributed by atoms with Crippen molar-refractivity contribution in [2.24, 2.45) is 5.10 Å². The zero-order valence-corrected chi connectivity index (χ0v) is 15.5.